The first-order valence-electron chi connectivity index (χ1n) is 14.1. The lowest BCUT2D eigenvalue weighted by Crippen LogP contribution is -2.56. The number of hydrogen-bond donors (Lipinski definition) is 2. The second-order valence-corrected chi connectivity index (χ2v) is 11.1. The maximum atomic E-state index is 11.9. The van der Waals surface area contributed by atoms with Crippen molar-refractivity contribution in [1.82, 2.24) is 15.1 Å². The molecule has 2 N–H and O–H groups in total. The molecule has 1 spiro atoms. The van der Waals surface area contributed by atoms with Crippen LogP contribution < -0.4 is 10.1 Å². The highest BCUT2D eigenvalue weighted by Gasteiger charge is 2.53. The monoisotopic (exact) mass is 501 g/mol. The van der Waals surface area contributed by atoms with Crippen LogP contribution in [0.1, 0.15) is 56.9 Å². The summed E-state index contributed by atoms with van der Waals surface area (Å²) in [5, 5.41) is 13.2. The molecule has 0 aliphatic carbocycles. The lowest BCUT2D eigenvalue weighted by molar-refractivity contribution is -0.315. The summed E-state index contributed by atoms with van der Waals surface area (Å²) in [6.07, 6.45) is 8.25. The van der Waals surface area contributed by atoms with Crippen LogP contribution in [0.25, 0.3) is 0 Å². The minimum absolute atomic E-state index is 0.131. The first-order chi connectivity index (χ1) is 17.6. The third kappa shape index (κ3) is 6.22. The second-order valence-electron chi connectivity index (χ2n) is 11.1. The fourth-order valence-electron chi connectivity index (χ4n) is 6.68. The number of piperidine rings is 3. The Labute approximate surface area is 215 Å². The van der Waals surface area contributed by atoms with Crippen molar-refractivity contribution in [3.8, 4) is 5.75 Å². The van der Waals surface area contributed by atoms with Crippen LogP contribution in [-0.2, 0) is 21.1 Å². The maximum absolute atomic E-state index is 11.9. The third-order valence-corrected chi connectivity index (χ3v) is 8.82. The molecule has 36 heavy (non-hydrogen) atoms. The van der Waals surface area contributed by atoms with E-state index in [-0.39, 0.29) is 23.5 Å². The molecule has 0 saturated carbocycles. The van der Waals surface area contributed by atoms with Crippen LogP contribution >= 0.6 is 0 Å². The molecule has 4 heterocycles. The van der Waals surface area contributed by atoms with Crippen molar-refractivity contribution in [3.05, 3.63) is 29.8 Å². The van der Waals surface area contributed by atoms with Crippen molar-refractivity contribution in [2.45, 2.75) is 69.6 Å². The molecule has 4 aliphatic rings. The molecule has 5 rings (SSSR count). The molecular formula is C28H43N3O5. The van der Waals surface area contributed by atoms with Crippen LogP contribution in [0, 0.1) is 11.8 Å². The van der Waals surface area contributed by atoms with Crippen LogP contribution in [0.2, 0.25) is 0 Å². The van der Waals surface area contributed by atoms with Gasteiger partial charge < -0.3 is 20.1 Å². The molecule has 3 unspecified atom stereocenters. The largest absolute Gasteiger partial charge is 0.494 e. The average Bonchev–Trinajstić information content (AvgIpc) is 3.30. The molecule has 4 fully saturated rings. The van der Waals surface area contributed by atoms with Crippen LogP contribution in [0.4, 0.5) is 0 Å². The topological polar surface area (TPSA) is 83.5 Å². The maximum Gasteiger partial charge on any atom is 0.306 e. The van der Waals surface area contributed by atoms with Crippen molar-refractivity contribution in [2.75, 3.05) is 52.5 Å². The Kier molecular flexibility index (Phi) is 8.80. The van der Waals surface area contributed by atoms with Gasteiger partial charge in [-0.05, 0) is 95.4 Å². The standard InChI is InChI=1S/C28H43N3O5/c32-27(33)23-9-17-31(26(19-23)25-21-35-36-28(25)10-12-29-13-11-28)20-22-5-7-24(8-6-22)34-18-4-16-30-14-2-1-3-15-30/h5-8,23,25-26,29H,1-4,9-21H2,(H,32,33). The van der Waals surface area contributed by atoms with Crippen molar-refractivity contribution < 1.29 is 24.4 Å². The van der Waals surface area contributed by atoms with Gasteiger partial charge >= 0.3 is 5.97 Å². The van der Waals surface area contributed by atoms with Gasteiger partial charge in [0, 0.05) is 25.0 Å². The quantitative estimate of drug-likeness (QED) is 0.394. The molecule has 8 heteroatoms. The molecule has 3 atom stereocenters. The number of hydrogen-bond acceptors (Lipinski definition) is 7. The number of likely N-dealkylation sites (tertiary alicyclic amines) is 2. The van der Waals surface area contributed by atoms with Crippen molar-refractivity contribution in [2.24, 2.45) is 11.8 Å². The Morgan fingerprint density at radius 1 is 1.11 bits per heavy atom. The minimum atomic E-state index is -0.680. The summed E-state index contributed by atoms with van der Waals surface area (Å²) in [4.78, 5) is 28.4. The normalized spacial score (nSPS) is 29.4. The van der Waals surface area contributed by atoms with Crippen LogP contribution in [0.15, 0.2) is 24.3 Å². The van der Waals surface area contributed by atoms with Crippen LogP contribution in [0.3, 0.4) is 0 Å². The zero-order valence-corrected chi connectivity index (χ0v) is 21.5. The van der Waals surface area contributed by atoms with E-state index in [4.69, 9.17) is 14.5 Å². The Morgan fingerprint density at radius 2 is 1.89 bits per heavy atom. The smallest absolute Gasteiger partial charge is 0.306 e. The number of aliphatic carboxylic acids is 1. The molecule has 0 aromatic heterocycles. The van der Waals surface area contributed by atoms with E-state index in [1.54, 1.807) is 0 Å². The van der Waals surface area contributed by atoms with Gasteiger partial charge in [0.15, 0.2) is 0 Å². The average molecular weight is 502 g/mol. The molecule has 200 valence electrons. The summed E-state index contributed by atoms with van der Waals surface area (Å²) in [5.41, 5.74) is 0.925. The van der Waals surface area contributed by atoms with Crippen molar-refractivity contribution >= 4 is 5.97 Å². The molecule has 4 saturated heterocycles. The Balaban J connectivity index is 1.18. The first-order valence-corrected chi connectivity index (χ1v) is 14.1. The third-order valence-electron chi connectivity index (χ3n) is 8.82. The number of ether oxygens (including phenoxy) is 1. The first kappa shape index (κ1) is 25.9. The molecule has 4 aliphatic heterocycles. The summed E-state index contributed by atoms with van der Waals surface area (Å²) in [7, 11) is 0. The van der Waals surface area contributed by atoms with Gasteiger partial charge in [0.1, 0.15) is 11.4 Å². The lowest BCUT2D eigenvalue weighted by atomic mass is 9.72. The number of nitrogens with zero attached hydrogens (tertiary/aromatic N) is 2. The molecule has 1 aromatic rings. The number of nitrogens with one attached hydrogen (secondary N) is 1. The molecule has 0 radical (unpaired) electrons. The van der Waals surface area contributed by atoms with Crippen LogP contribution in [-0.4, -0.2) is 85.0 Å². The summed E-state index contributed by atoms with van der Waals surface area (Å²) < 4.78 is 6.02. The van der Waals surface area contributed by atoms with E-state index < -0.39 is 5.97 Å². The second kappa shape index (κ2) is 12.2. The fourth-order valence-corrected chi connectivity index (χ4v) is 6.68. The summed E-state index contributed by atoms with van der Waals surface area (Å²) in [5.74, 6) is 0.126. The molecule has 8 nitrogen and oxygen atoms in total. The molecule has 0 amide bonds. The fraction of sp³-hybridized carbons (Fsp3) is 0.750. The molecule has 0 bridgehead atoms. The number of carbonyl (C=O) groups is 1. The highest BCUT2D eigenvalue weighted by atomic mass is 17.2. The van der Waals surface area contributed by atoms with Gasteiger partial charge in [-0.1, -0.05) is 18.6 Å². The van der Waals surface area contributed by atoms with Crippen molar-refractivity contribution in [3.63, 3.8) is 0 Å². The SMILES string of the molecule is O=C(O)C1CCN(Cc2ccc(OCCCN3CCCCC3)cc2)C(C2COOC23CCNCC3)C1. The van der Waals surface area contributed by atoms with Crippen molar-refractivity contribution in [1.29, 1.82) is 0 Å². The van der Waals surface area contributed by atoms with E-state index >= 15 is 0 Å². The number of benzene rings is 1. The van der Waals surface area contributed by atoms with E-state index in [9.17, 15) is 9.90 Å². The minimum Gasteiger partial charge on any atom is -0.494 e. The van der Waals surface area contributed by atoms with Gasteiger partial charge in [-0.2, -0.15) is 0 Å². The number of carboxylic acid groups (broad SMARTS) is 1. The highest BCUT2D eigenvalue weighted by Crippen LogP contribution is 2.44. The van der Waals surface area contributed by atoms with E-state index in [0.29, 0.717) is 19.4 Å². The molecule has 1 aromatic carbocycles. The highest BCUT2D eigenvalue weighted by molar-refractivity contribution is 5.70. The van der Waals surface area contributed by atoms with Gasteiger partial charge in [0.2, 0.25) is 0 Å². The summed E-state index contributed by atoms with van der Waals surface area (Å²) >= 11 is 0. The predicted molar refractivity (Wildman–Crippen MR) is 137 cm³/mol. The lowest BCUT2D eigenvalue weighted by Gasteiger charge is -2.46. The number of carboxylic acids is 1. The van der Waals surface area contributed by atoms with Gasteiger partial charge in [0.05, 0.1) is 19.1 Å². The molecular weight excluding hydrogens is 458 g/mol. The number of rotatable bonds is 9. The van der Waals surface area contributed by atoms with E-state index in [2.05, 4.69) is 39.4 Å². The van der Waals surface area contributed by atoms with Crippen LogP contribution in [0.5, 0.6) is 5.75 Å². The van der Waals surface area contributed by atoms with E-state index in [1.165, 1.54) is 37.9 Å². The van der Waals surface area contributed by atoms with Gasteiger partial charge in [-0.25, -0.2) is 9.78 Å². The Bertz CT molecular complexity index is 838. The Morgan fingerprint density at radius 3 is 2.64 bits per heavy atom. The zero-order valence-electron chi connectivity index (χ0n) is 21.5. The van der Waals surface area contributed by atoms with Gasteiger partial charge in [0.25, 0.3) is 0 Å². The zero-order chi connectivity index (χ0) is 24.8. The Hall–Kier alpha value is -1.71. The van der Waals surface area contributed by atoms with E-state index in [1.807, 2.05) is 0 Å². The summed E-state index contributed by atoms with van der Waals surface area (Å²) in [6.45, 7) is 8.28. The van der Waals surface area contributed by atoms with E-state index in [0.717, 1.165) is 64.3 Å². The predicted octanol–water partition coefficient (Wildman–Crippen LogP) is 3.31. The van der Waals surface area contributed by atoms with Gasteiger partial charge in [-0.15, -0.1) is 0 Å². The van der Waals surface area contributed by atoms with Gasteiger partial charge in [-0.3, -0.25) is 9.69 Å². The summed E-state index contributed by atoms with van der Waals surface area (Å²) in [6, 6.07) is 8.59.